The highest BCUT2D eigenvalue weighted by Gasteiger charge is 2.03. The molecule has 0 unspecified atom stereocenters. The van der Waals surface area contributed by atoms with E-state index < -0.39 is 5.97 Å². The van der Waals surface area contributed by atoms with Gasteiger partial charge in [0.05, 0.1) is 19.2 Å². The number of carbonyl (C=O) groups excluding carboxylic acids is 1. The fourth-order valence-corrected chi connectivity index (χ4v) is 0.838. The van der Waals surface area contributed by atoms with Gasteiger partial charge in [0.15, 0.2) is 5.82 Å². The number of nitrogens with one attached hydrogen (secondary N) is 1. The summed E-state index contributed by atoms with van der Waals surface area (Å²) in [4.78, 5) is 22.0. The van der Waals surface area contributed by atoms with Crippen LogP contribution in [0.5, 0.6) is 0 Å². The molecule has 0 aliphatic heterocycles. The lowest BCUT2D eigenvalue weighted by Crippen LogP contribution is -2.09. The zero-order valence-corrected chi connectivity index (χ0v) is 7.60. The van der Waals surface area contributed by atoms with Gasteiger partial charge in [-0.2, -0.15) is 9.90 Å². The van der Waals surface area contributed by atoms with Crippen molar-refractivity contribution in [1.82, 2.24) is 15.0 Å². The second-order valence-corrected chi connectivity index (χ2v) is 2.65. The Kier molecular flexibility index (Phi) is 3.16. The molecule has 0 bridgehead atoms. The maximum Gasteiger partial charge on any atom is 0.305 e. The molecule has 0 atom stereocenters. The second-order valence-electron chi connectivity index (χ2n) is 2.65. The van der Waals surface area contributed by atoms with E-state index in [0.29, 0.717) is 5.82 Å². The Morgan fingerprint density at radius 2 is 2.36 bits per heavy atom. The Labute approximate surface area is 79.7 Å². The molecule has 7 heteroatoms. The number of aliphatic carboxylic acids is 1. The summed E-state index contributed by atoms with van der Waals surface area (Å²) >= 11 is 0. The first-order chi connectivity index (χ1) is 6.58. The highest BCUT2D eigenvalue weighted by molar-refractivity contribution is 5.87. The van der Waals surface area contributed by atoms with Gasteiger partial charge in [0, 0.05) is 6.92 Å². The van der Waals surface area contributed by atoms with E-state index in [4.69, 9.17) is 5.11 Å². The first-order valence-corrected chi connectivity index (χ1v) is 3.97. The van der Waals surface area contributed by atoms with E-state index in [9.17, 15) is 9.59 Å². The third kappa shape index (κ3) is 3.21. The topological polar surface area (TPSA) is 97.1 Å². The summed E-state index contributed by atoms with van der Waals surface area (Å²) in [5, 5.41) is 18.4. The van der Waals surface area contributed by atoms with E-state index in [-0.39, 0.29) is 18.9 Å². The molecule has 1 rings (SSSR count). The van der Waals surface area contributed by atoms with E-state index in [1.807, 2.05) is 0 Å². The summed E-state index contributed by atoms with van der Waals surface area (Å²) in [6.45, 7) is 1.55. The Hall–Kier alpha value is -1.92. The molecule has 0 aliphatic carbocycles. The molecule has 0 radical (unpaired) electrons. The van der Waals surface area contributed by atoms with Crippen LogP contribution in [0.2, 0.25) is 0 Å². The van der Waals surface area contributed by atoms with Crippen LogP contribution in [0, 0.1) is 0 Å². The summed E-state index contributed by atoms with van der Waals surface area (Å²) in [5.41, 5.74) is 0. The third-order valence-electron chi connectivity index (χ3n) is 1.37. The molecule has 76 valence electrons. The Morgan fingerprint density at radius 3 is 2.93 bits per heavy atom. The lowest BCUT2D eigenvalue weighted by molar-refractivity contribution is -0.137. The number of hydrogen-bond acceptors (Lipinski definition) is 4. The number of carboxylic acid groups (broad SMARTS) is 1. The predicted octanol–water partition coefficient (Wildman–Crippen LogP) is -0.289. The minimum absolute atomic E-state index is 0.0474. The van der Waals surface area contributed by atoms with Crippen LogP contribution >= 0.6 is 0 Å². The van der Waals surface area contributed by atoms with Gasteiger partial charge in [-0.3, -0.25) is 9.59 Å². The van der Waals surface area contributed by atoms with Crippen LogP contribution in [0.25, 0.3) is 0 Å². The minimum atomic E-state index is -0.914. The van der Waals surface area contributed by atoms with Gasteiger partial charge < -0.3 is 10.4 Å². The van der Waals surface area contributed by atoms with Gasteiger partial charge in [-0.15, -0.1) is 5.10 Å². The van der Waals surface area contributed by atoms with E-state index in [2.05, 4.69) is 15.5 Å². The lowest BCUT2D eigenvalue weighted by atomic mass is 10.4. The summed E-state index contributed by atoms with van der Waals surface area (Å²) in [5.74, 6) is -0.832. The Balaban J connectivity index is 2.50. The van der Waals surface area contributed by atoms with Crippen LogP contribution in [0.15, 0.2) is 6.20 Å². The number of aromatic nitrogens is 3. The zero-order chi connectivity index (χ0) is 10.6. The third-order valence-corrected chi connectivity index (χ3v) is 1.37. The van der Waals surface area contributed by atoms with Crippen LogP contribution < -0.4 is 5.32 Å². The number of anilines is 1. The molecule has 1 heterocycles. The van der Waals surface area contributed by atoms with Crippen molar-refractivity contribution in [2.45, 2.75) is 19.9 Å². The van der Waals surface area contributed by atoms with E-state index in [0.717, 1.165) is 0 Å². The molecule has 0 saturated heterocycles. The number of aryl methyl sites for hydroxylation is 1. The molecule has 1 aromatic rings. The number of hydrogen-bond donors (Lipinski definition) is 2. The van der Waals surface area contributed by atoms with Gasteiger partial charge in [0.2, 0.25) is 5.91 Å². The fraction of sp³-hybridized carbons (Fsp3) is 0.429. The number of nitrogens with zero attached hydrogens (tertiary/aromatic N) is 3. The van der Waals surface area contributed by atoms with Gasteiger partial charge in [-0.25, -0.2) is 0 Å². The van der Waals surface area contributed by atoms with Crippen molar-refractivity contribution in [2.75, 3.05) is 5.32 Å². The SMILES string of the molecule is CC(=O)Nc1cnn(CCC(=O)O)n1. The van der Waals surface area contributed by atoms with Gasteiger partial charge in [-0.1, -0.05) is 0 Å². The van der Waals surface area contributed by atoms with Crippen molar-refractivity contribution >= 4 is 17.7 Å². The smallest absolute Gasteiger partial charge is 0.305 e. The van der Waals surface area contributed by atoms with Gasteiger partial charge >= 0.3 is 5.97 Å². The first kappa shape index (κ1) is 10.2. The molecule has 0 aromatic carbocycles. The zero-order valence-electron chi connectivity index (χ0n) is 7.60. The average Bonchev–Trinajstić information content (AvgIpc) is 2.47. The monoisotopic (exact) mass is 198 g/mol. The fourth-order valence-electron chi connectivity index (χ4n) is 0.838. The predicted molar refractivity (Wildman–Crippen MR) is 46.6 cm³/mol. The van der Waals surface area contributed by atoms with Crippen LogP contribution in [0.1, 0.15) is 13.3 Å². The van der Waals surface area contributed by atoms with Crippen molar-refractivity contribution < 1.29 is 14.7 Å². The highest BCUT2D eigenvalue weighted by atomic mass is 16.4. The summed E-state index contributed by atoms with van der Waals surface area (Å²) < 4.78 is 0. The van der Waals surface area contributed by atoms with Crippen molar-refractivity contribution in [3.05, 3.63) is 6.20 Å². The van der Waals surface area contributed by atoms with Gasteiger partial charge in [0.25, 0.3) is 0 Å². The summed E-state index contributed by atoms with van der Waals surface area (Å²) in [6.07, 6.45) is 1.32. The summed E-state index contributed by atoms with van der Waals surface area (Å²) in [7, 11) is 0. The number of carboxylic acids is 1. The molecule has 14 heavy (non-hydrogen) atoms. The molecular weight excluding hydrogens is 188 g/mol. The van der Waals surface area contributed by atoms with Crippen molar-refractivity contribution in [3.8, 4) is 0 Å². The first-order valence-electron chi connectivity index (χ1n) is 3.97. The van der Waals surface area contributed by atoms with E-state index in [1.165, 1.54) is 17.9 Å². The highest BCUT2D eigenvalue weighted by Crippen LogP contribution is 1.98. The molecule has 0 aliphatic rings. The molecule has 0 fully saturated rings. The van der Waals surface area contributed by atoms with Crippen molar-refractivity contribution in [1.29, 1.82) is 0 Å². The van der Waals surface area contributed by atoms with E-state index in [1.54, 1.807) is 0 Å². The van der Waals surface area contributed by atoms with Crippen LogP contribution in [0.3, 0.4) is 0 Å². The molecule has 1 amide bonds. The Morgan fingerprint density at radius 1 is 1.64 bits per heavy atom. The van der Waals surface area contributed by atoms with Crippen LogP contribution in [-0.2, 0) is 16.1 Å². The second kappa shape index (κ2) is 4.35. The normalized spacial score (nSPS) is 9.79. The molecule has 0 saturated carbocycles. The maximum atomic E-state index is 10.6. The maximum absolute atomic E-state index is 10.6. The van der Waals surface area contributed by atoms with Crippen molar-refractivity contribution in [2.24, 2.45) is 0 Å². The molecule has 2 N–H and O–H groups in total. The van der Waals surface area contributed by atoms with Crippen molar-refractivity contribution in [3.63, 3.8) is 0 Å². The average molecular weight is 198 g/mol. The molecule has 0 spiro atoms. The van der Waals surface area contributed by atoms with E-state index >= 15 is 0 Å². The lowest BCUT2D eigenvalue weighted by Gasteiger charge is -1.95. The molecule has 1 aromatic heterocycles. The number of rotatable bonds is 4. The van der Waals surface area contributed by atoms with Crippen LogP contribution in [0.4, 0.5) is 5.82 Å². The van der Waals surface area contributed by atoms with Crippen LogP contribution in [-0.4, -0.2) is 32.0 Å². The quantitative estimate of drug-likeness (QED) is 0.692. The number of amides is 1. The standard InChI is InChI=1S/C7H10N4O3/c1-5(12)9-6-4-8-11(10-6)3-2-7(13)14/h4H,2-3H2,1H3,(H,13,14)(H,9,10,12). The molecule has 7 nitrogen and oxygen atoms in total. The largest absolute Gasteiger partial charge is 0.481 e. The van der Waals surface area contributed by atoms with Gasteiger partial charge in [0.1, 0.15) is 0 Å². The summed E-state index contributed by atoms with van der Waals surface area (Å²) in [6, 6.07) is 0. The number of carbonyl (C=O) groups is 2. The van der Waals surface area contributed by atoms with Gasteiger partial charge in [-0.05, 0) is 0 Å². The molecular formula is C7H10N4O3. The Bertz CT molecular complexity index is 346. The minimum Gasteiger partial charge on any atom is -0.481 e.